The number of fused-ring (bicyclic) bond motifs is 1. The highest BCUT2D eigenvalue weighted by molar-refractivity contribution is 5.79. The molecule has 3 rings (SSSR count). The van der Waals surface area contributed by atoms with Gasteiger partial charge < -0.3 is 15.2 Å². The summed E-state index contributed by atoms with van der Waals surface area (Å²) in [5, 5.41) is 12.8. The number of hydrogen-bond acceptors (Lipinski definition) is 4. The first-order valence-electron chi connectivity index (χ1n) is 9.43. The van der Waals surface area contributed by atoms with E-state index in [2.05, 4.69) is 5.32 Å². The molecule has 2 N–H and O–H groups in total. The molecule has 0 bridgehead atoms. The molecule has 1 saturated carbocycles. The number of carboxylic acid groups (broad SMARTS) is 1. The van der Waals surface area contributed by atoms with Crippen LogP contribution in [0, 0.1) is 11.3 Å². The molecule has 3 fully saturated rings. The number of ether oxygens (including phenoxy) is 1. The van der Waals surface area contributed by atoms with Gasteiger partial charge in [-0.15, -0.1) is 0 Å². The predicted molar refractivity (Wildman–Crippen MR) is 89.7 cm³/mol. The Morgan fingerprint density at radius 1 is 1.12 bits per heavy atom. The molecule has 0 radical (unpaired) electrons. The summed E-state index contributed by atoms with van der Waals surface area (Å²) >= 11 is 0. The Hall–Kier alpha value is -1.14. The minimum atomic E-state index is -0.821. The van der Waals surface area contributed by atoms with Crippen molar-refractivity contribution < 1.29 is 19.4 Å². The minimum Gasteiger partial charge on any atom is -0.481 e. The largest absolute Gasteiger partial charge is 0.481 e. The highest BCUT2D eigenvalue weighted by atomic mass is 16.5. The van der Waals surface area contributed by atoms with Crippen LogP contribution in [0.25, 0.3) is 0 Å². The second-order valence-electron chi connectivity index (χ2n) is 7.78. The standard InChI is InChI=1S/C18H30N2O4/c21-16(19-15-6-4-2-1-3-5-7-15)11-20-10-14-8-9-24-13-18(14,12-20)17(22)23/h14-15H,1-13H2,(H,19,21)(H,22,23)/t14-,18+/m0/s1. The summed E-state index contributed by atoms with van der Waals surface area (Å²) < 4.78 is 5.44. The summed E-state index contributed by atoms with van der Waals surface area (Å²) in [5.41, 5.74) is -0.821. The maximum atomic E-state index is 12.4. The second-order valence-corrected chi connectivity index (χ2v) is 7.78. The fourth-order valence-corrected chi connectivity index (χ4v) is 4.59. The number of likely N-dealkylation sites (tertiary alicyclic amines) is 1. The third-order valence-corrected chi connectivity index (χ3v) is 6.00. The van der Waals surface area contributed by atoms with Gasteiger partial charge >= 0.3 is 5.97 Å². The third kappa shape index (κ3) is 3.91. The predicted octanol–water partition coefficient (Wildman–Crippen LogP) is 1.64. The van der Waals surface area contributed by atoms with Gasteiger partial charge in [0.2, 0.25) is 5.91 Å². The fourth-order valence-electron chi connectivity index (χ4n) is 4.59. The molecule has 2 saturated heterocycles. The minimum absolute atomic E-state index is 0.0423. The number of rotatable bonds is 4. The Kier molecular flexibility index (Phi) is 5.76. The van der Waals surface area contributed by atoms with Crippen LogP contribution in [0.15, 0.2) is 0 Å². The Labute approximate surface area is 143 Å². The van der Waals surface area contributed by atoms with Crippen molar-refractivity contribution in [1.29, 1.82) is 0 Å². The van der Waals surface area contributed by atoms with E-state index in [0.29, 0.717) is 32.3 Å². The smallest absolute Gasteiger partial charge is 0.313 e. The van der Waals surface area contributed by atoms with Gasteiger partial charge in [-0.05, 0) is 25.2 Å². The van der Waals surface area contributed by atoms with E-state index in [9.17, 15) is 14.7 Å². The van der Waals surface area contributed by atoms with Crippen LogP contribution in [-0.4, -0.2) is 60.8 Å². The van der Waals surface area contributed by atoms with Gasteiger partial charge in [0.15, 0.2) is 0 Å². The molecular formula is C18H30N2O4. The zero-order chi connectivity index (χ0) is 17.0. The van der Waals surface area contributed by atoms with E-state index < -0.39 is 11.4 Å². The van der Waals surface area contributed by atoms with Crippen LogP contribution in [0.2, 0.25) is 0 Å². The summed E-state index contributed by atoms with van der Waals surface area (Å²) in [5.74, 6) is -0.645. The number of aliphatic carboxylic acids is 1. The van der Waals surface area contributed by atoms with Crippen LogP contribution >= 0.6 is 0 Å². The first kappa shape index (κ1) is 17.7. The lowest BCUT2D eigenvalue weighted by Crippen LogP contribution is -2.47. The number of carbonyl (C=O) groups excluding carboxylic acids is 1. The number of carbonyl (C=O) groups is 2. The van der Waals surface area contributed by atoms with Crippen molar-refractivity contribution in [3.63, 3.8) is 0 Å². The Morgan fingerprint density at radius 3 is 2.50 bits per heavy atom. The molecule has 6 nitrogen and oxygen atoms in total. The average molecular weight is 338 g/mol. The molecule has 0 unspecified atom stereocenters. The van der Waals surface area contributed by atoms with E-state index in [1.165, 1.54) is 32.1 Å². The molecule has 2 aliphatic heterocycles. The zero-order valence-electron chi connectivity index (χ0n) is 14.5. The number of nitrogens with zero attached hydrogens (tertiary/aromatic N) is 1. The van der Waals surface area contributed by atoms with Gasteiger partial charge in [0.25, 0.3) is 0 Å². The normalized spacial score (nSPS) is 32.6. The molecule has 0 aromatic rings. The molecule has 1 amide bonds. The molecule has 136 valence electrons. The lowest BCUT2D eigenvalue weighted by Gasteiger charge is -2.34. The first-order valence-corrected chi connectivity index (χ1v) is 9.43. The summed E-state index contributed by atoms with van der Waals surface area (Å²) in [6, 6.07) is 0.291. The Morgan fingerprint density at radius 2 is 1.83 bits per heavy atom. The van der Waals surface area contributed by atoms with Gasteiger partial charge in [-0.3, -0.25) is 14.5 Å². The summed E-state index contributed by atoms with van der Waals surface area (Å²) in [4.78, 5) is 26.2. The molecule has 2 heterocycles. The maximum absolute atomic E-state index is 12.4. The topological polar surface area (TPSA) is 78.9 Å². The van der Waals surface area contributed by atoms with Crippen LogP contribution in [0.5, 0.6) is 0 Å². The van der Waals surface area contributed by atoms with Gasteiger partial charge in [0, 0.05) is 25.7 Å². The number of carboxylic acids is 1. The van der Waals surface area contributed by atoms with Crippen LogP contribution < -0.4 is 5.32 Å². The molecule has 24 heavy (non-hydrogen) atoms. The Balaban J connectivity index is 1.52. The van der Waals surface area contributed by atoms with Gasteiger partial charge in [-0.1, -0.05) is 32.1 Å². The van der Waals surface area contributed by atoms with E-state index in [1.54, 1.807) is 0 Å². The van der Waals surface area contributed by atoms with E-state index in [4.69, 9.17) is 4.74 Å². The molecule has 6 heteroatoms. The summed E-state index contributed by atoms with van der Waals surface area (Å²) in [7, 11) is 0. The van der Waals surface area contributed by atoms with Gasteiger partial charge in [-0.25, -0.2) is 0 Å². The first-order chi connectivity index (χ1) is 11.6. The van der Waals surface area contributed by atoms with Crippen molar-refractivity contribution in [3.8, 4) is 0 Å². The molecule has 1 aliphatic carbocycles. The van der Waals surface area contributed by atoms with E-state index in [-0.39, 0.29) is 18.4 Å². The van der Waals surface area contributed by atoms with E-state index in [1.807, 2.05) is 4.90 Å². The van der Waals surface area contributed by atoms with Gasteiger partial charge in [0.05, 0.1) is 13.2 Å². The highest BCUT2D eigenvalue weighted by Crippen LogP contribution is 2.41. The van der Waals surface area contributed by atoms with Crippen molar-refractivity contribution in [3.05, 3.63) is 0 Å². The highest BCUT2D eigenvalue weighted by Gasteiger charge is 2.54. The molecular weight excluding hydrogens is 308 g/mol. The second kappa shape index (κ2) is 7.83. The number of nitrogens with one attached hydrogen (secondary N) is 1. The average Bonchev–Trinajstić information content (AvgIpc) is 2.89. The van der Waals surface area contributed by atoms with Crippen LogP contribution in [0.4, 0.5) is 0 Å². The lowest BCUT2D eigenvalue weighted by atomic mass is 9.76. The zero-order valence-corrected chi connectivity index (χ0v) is 14.5. The van der Waals surface area contributed by atoms with Crippen LogP contribution in [-0.2, 0) is 14.3 Å². The number of amides is 1. The Bertz CT molecular complexity index is 462. The molecule has 3 aliphatic rings. The monoisotopic (exact) mass is 338 g/mol. The van der Waals surface area contributed by atoms with E-state index >= 15 is 0 Å². The van der Waals surface area contributed by atoms with Crippen LogP contribution in [0.1, 0.15) is 51.4 Å². The fraction of sp³-hybridized carbons (Fsp3) is 0.889. The lowest BCUT2D eigenvalue weighted by molar-refractivity contribution is -0.160. The summed E-state index contributed by atoms with van der Waals surface area (Å²) in [6.07, 6.45) is 9.14. The van der Waals surface area contributed by atoms with Crippen molar-refractivity contribution in [1.82, 2.24) is 10.2 Å². The van der Waals surface area contributed by atoms with Crippen LogP contribution in [0.3, 0.4) is 0 Å². The van der Waals surface area contributed by atoms with Gasteiger partial charge in [-0.2, -0.15) is 0 Å². The maximum Gasteiger partial charge on any atom is 0.313 e. The van der Waals surface area contributed by atoms with Crippen molar-refractivity contribution in [2.45, 2.75) is 57.4 Å². The van der Waals surface area contributed by atoms with E-state index in [0.717, 1.165) is 19.3 Å². The third-order valence-electron chi connectivity index (χ3n) is 6.00. The molecule has 2 atom stereocenters. The SMILES string of the molecule is O=C(CN1C[C@@H]2CCOC[C@]2(C(=O)O)C1)NC1CCCCCCC1. The molecule has 0 aromatic carbocycles. The van der Waals surface area contributed by atoms with Crippen molar-refractivity contribution in [2.75, 3.05) is 32.8 Å². The molecule has 0 aromatic heterocycles. The summed E-state index contributed by atoms with van der Waals surface area (Å²) in [6.45, 7) is 2.32. The quantitative estimate of drug-likeness (QED) is 0.815. The molecule has 0 spiro atoms. The van der Waals surface area contributed by atoms with Crippen molar-refractivity contribution in [2.24, 2.45) is 11.3 Å². The number of hydrogen-bond donors (Lipinski definition) is 2. The van der Waals surface area contributed by atoms with Crippen molar-refractivity contribution >= 4 is 11.9 Å². The van der Waals surface area contributed by atoms with Gasteiger partial charge in [0.1, 0.15) is 5.41 Å².